The molecule has 1 aromatic heterocycles. The van der Waals surface area contributed by atoms with Crippen LogP contribution in [0, 0.1) is 6.92 Å². The van der Waals surface area contributed by atoms with Crippen molar-refractivity contribution in [1.82, 2.24) is 3.97 Å². The summed E-state index contributed by atoms with van der Waals surface area (Å²) < 4.78 is 25.2. The summed E-state index contributed by atoms with van der Waals surface area (Å²) in [7, 11) is -3.26. The van der Waals surface area contributed by atoms with Crippen molar-refractivity contribution < 1.29 is 13.2 Å². The number of sulfone groups is 1. The molecule has 1 amide bonds. The van der Waals surface area contributed by atoms with Crippen LogP contribution in [0.3, 0.4) is 0 Å². The van der Waals surface area contributed by atoms with Crippen LogP contribution in [0.4, 0.5) is 0 Å². The van der Waals surface area contributed by atoms with E-state index < -0.39 is 15.7 Å². The molecule has 0 fully saturated rings. The standard InChI is InChI=1S/C17H16N2O3S2/c1-11-9-13(7-8-16(11)24(2,21)22)23-19-14-6-4-3-5-12(14)10-15(19)17(18)20/h3-10H,1-2H3,(H2,18,20). The summed E-state index contributed by atoms with van der Waals surface area (Å²) in [5.74, 6) is -0.511. The van der Waals surface area contributed by atoms with Gasteiger partial charge < -0.3 is 5.73 Å². The zero-order valence-electron chi connectivity index (χ0n) is 13.2. The molecular weight excluding hydrogens is 344 g/mol. The van der Waals surface area contributed by atoms with E-state index in [1.807, 2.05) is 24.3 Å². The lowest BCUT2D eigenvalue weighted by atomic mass is 10.2. The Bertz CT molecular complexity index is 1050. The molecule has 0 bridgehead atoms. The van der Waals surface area contributed by atoms with Crippen LogP contribution in [0.5, 0.6) is 0 Å². The molecule has 3 aromatic rings. The quantitative estimate of drug-likeness (QED) is 0.775. The summed E-state index contributed by atoms with van der Waals surface area (Å²) in [5, 5.41) is 0.920. The summed E-state index contributed by atoms with van der Waals surface area (Å²) in [5.41, 5.74) is 7.43. The number of nitrogens with zero attached hydrogens (tertiary/aromatic N) is 1. The van der Waals surface area contributed by atoms with Gasteiger partial charge in [-0.25, -0.2) is 8.42 Å². The zero-order chi connectivity index (χ0) is 17.5. The third-order valence-electron chi connectivity index (χ3n) is 3.66. The van der Waals surface area contributed by atoms with Crippen molar-refractivity contribution in [1.29, 1.82) is 0 Å². The Morgan fingerprint density at radius 2 is 1.83 bits per heavy atom. The highest BCUT2D eigenvalue weighted by molar-refractivity contribution is 7.98. The summed E-state index contributed by atoms with van der Waals surface area (Å²) in [6.07, 6.45) is 1.19. The molecule has 1 heterocycles. The van der Waals surface area contributed by atoms with E-state index in [9.17, 15) is 13.2 Å². The predicted octanol–water partition coefficient (Wildman–Crippen LogP) is 3.01. The largest absolute Gasteiger partial charge is 0.364 e. The van der Waals surface area contributed by atoms with Crippen LogP contribution in [0.1, 0.15) is 16.1 Å². The van der Waals surface area contributed by atoms with Gasteiger partial charge in [0.25, 0.3) is 5.91 Å². The van der Waals surface area contributed by atoms with Crippen molar-refractivity contribution in [3.8, 4) is 0 Å². The molecular formula is C17H16N2O3S2. The average Bonchev–Trinajstić information content (AvgIpc) is 2.85. The minimum absolute atomic E-state index is 0.305. The van der Waals surface area contributed by atoms with Crippen molar-refractivity contribution in [3.05, 3.63) is 59.8 Å². The van der Waals surface area contributed by atoms with E-state index in [1.165, 1.54) is 18.2 Å². The van der Waals surface area contributed by atoms with Gasteiger partial charge in [0.15, 0.2) is 9.84 Å². The third-order valence-corrected chi connectivity index (χ3v) is 5.96. The Morgan fingerprint density at radius 3 is 2.46 bits per heavy atom. The fraction of sp³-hybridized carbons (Fsp3) is 0.118. The molecule has 0 aliphatic heterocycles. The Hall–Kier alpha value is -2.25. The van der Waals surface area contributed by atoms with Gasteiger partial charge in [0.2, 0.25) is 0 Å². The van der Waals surface area contributed by atoms with Gasteiger partial charge in [0, 0.05) is 16.5 Å². The monoisotopic (exact) mass is 360 g/mol. The van der Waals surface area contributed by atoms with Crippen LogP contribution in [0.25, 0.3) is 10.9 Å². The Morgan fingerprint density at radius 1 is 1.12 bits per heavy atom. The second-order valence-electron chi connectivity index (χ2n) is 5.54. The SMILES string of the molecule is Cc1cc(Sn2c(C(N)=O)cc3ccccc32)ccc1S(C)(=O)=O. The Balaban J connectivity index is 2.09. The van der Waals surface area contributed by atoms with Crippen molar-refractivity contribution >= 4 is 38.6 Å². The molecule has 5 nitrogen and oxygen atoms in total. The molecule has 3 rings (SSSR count). The van der Waals surface area contributed by atoms with Gasteiger partial charge in [0.1, 0.15) is 5.69 Å². The number of primary amides is 1. The molecule has 0 atom stereocenters. The number of hydrogen-bond donors (Lipinski definition) is 1. The smallest absolute Gasteiger partial charge is 0.266 e. The molecule has 0 radical (unpaired) electrons. The minimum atomic E-state index is -3.26. The molecule has 2 aromatic carbocycles. The van der Waals surface area contributed by atoms with Gasteiger partial charge >= 0.3 is 0 Å². The number of amides is 1. The molecule has 7 heteroatoms. The van der Waals surface area contributed by atoms with Crippen LogP contribution in [0.15, 0.2) is 58.3 Å². The van der Waals surface area contributed by atoms with Gasteiger partial charge in [-0.2, -0.15) is 0 Å². The predicted molar refractivity (Wildman–Crippen MR) is 96.0 cm³/mol. The highest BCUT2D eigenvalue weighted by atomic mass is 32.2. The van der Waals surface area contributed by atoms with Gasteiger partial charge in [-0.05, 0) is 54.8 Å². The average molecular weight is 360 g/mol. The summed E-state index contributed by atoms with van der Waals surface area (Å²) in [6.45, 7) is 1.75. The van der Waals surface area contributed by atoms with Crippen LogP contribution in [-0.4, -0.2) is 24.6 Å². The van der Waals surface area contributed by atoms with E-state index >= 15 is 0 Å². The first-order chi connectivity index (χ1) is 11.3. The Kier molecular flexibility index (Phi) is 4.15. The molecule has 0 unspecified atom stereocenters. The maximum atomic E-state index is 11.7. The first-order valence-electron chi connectivity index (χ1n) is 7.17. The second kappa shape index (κ2) is 5.99. The molecule has 0 aliphatic carbocycles. The highest BCUT2D eigenvalue weighted by Crippen LogP contribution is 2.31. The Labute approximate surface area is 144 Å². The second-order valence-corrected chi connectivity index (χ2v) is 8.54. The minimum Gasteiger partial charge on any atom is -0.364 e. The number of para-hydroxylation sites is 1. The number of hydrogen-bond acceptors (Lipinski definition) is 4. The summed E-state index contributed by atoms with van der Waals surface area (Å²) in [6, 6.07) is 14.5. The fourth-order valence-electron chi connectivity index (χ4n) is 2.60. The summed E-state index contributed by atoms with van der Waals surface area (Å²) >= 11 is 1.33. The number of carbonyl (C=O) groups excluding carboxylic acids is 1. The molecule has 24 heavy (non-hydrogen) atoms. The van der Waals surface area contributed by atoms with Crippen LogP contribution in [0.2, 0.25) is 0 Å². The van der Waals surface area contributed by atoms with Gasteiger partial charge in [-0.15, -0.1) is 0 Å². The number of aromatic nitrogens is 1. The number of fused-ring (bicyclic) bond motifs is 1. The molecule has 2 N–H and O–H groups in total. The molecule has 124 valence electrons. The third kappa shape index (κ3) is 3.05. The van der Waals surface area contributed by atoms with E-state index in [0.717, 1.165) is 15.8 Å². The molecule has 0 aliphatic rings. The topological polar surface area (TPSA) is 82.2 Å². The molecule has 0 saturated heterocycles. The van der Waals surface area contributed by atoms with Gasteiger partial charge in [-0.1, -0.05) is 18.2 Å². The van der Waals surface area contributed by atoms with Crippen LogP contribution < -0.4 is 5.73 Å². The van der Waals surface area contributed by atoms with E-state index in [-0.39, 0.29) is 0 Å². The van der Waals surface area contributed by atoms with Gasteiger partial charge in [-0.3, -0.25) is 8.77 Å². The summed E-state index contributed by atoms with van der Waals surface area (Å²) in [4.78, 5) is 12.9. The van der Waals surface area contributed by atoms with Crippen LogP contribution >= 0.6 is 11.9 Å². The van der Waals surface area contributed by atoms with E-state index in [4.69, 9.17) is 5.73 Å². The maximum Gasteiger partial charge on any atom is 0.266 e. The van der Waals surface area contributed by atoms with Crippen molar-refractivity contribution in [2.45, 2.75) is 16.7 Å². The first-order valence-corrected chi connectivity index (χ1v) is 9.83. The van der Waals surface area contributed by atoms with E-state index in [0.29, 0.717) is 16.2 Å². The van der Waals surface area contributed by atoms with Crippen molar-refractivity contribution in [2.75, 3.05) is 6.26 Å². The molecule has 0 spiro atoms. The lowest BCUT2D eigenvalue weighted by Gasteiger charge is -2.10. The maximum absolute atomic E-state index is 11.7. The van der Waals surface area contributed by atoms with Crippen LogP contribution in [-0.2, 0) is 9.84 Å². The highest BCUT2D eigenvalue weighted by Gasteiger charge is 2.16. The number of aryl methyl sites for hydroxylation is 1. The number of benzene rings is 2. The van der Waals surface area contributed by atoms with Crippen molar-refractivity contribution in [3.63, 3.8) is 0 Å². The van der Waals surface area contributed by atoms with E-state index in [1.54, 1.807) is 35.2 Å². The number of rotatable bonds is 4. The van der Waals surface area contributed by atoms with Gasteiger partial charge in [0.05, 0.1) is 10.4 Å². The number of carbonyl (C=O) groups is 1. The fourth-order valence-corrected chi connectivity index (χ4v) is 4.63. The normalized spacial score (nSPS) is 11.8. The van der Waals surface area contributed by atoms with E-state index in [2.05, 4.69) is 0 Å². The molecule has 0 saturated carbocycles. The zero-order valence-corrected chi connectivity index (χ0v) is 14.8. The lowest BCUT2D eigenvalue weighted by Crippen LogP contribution is -2.14. The number of nitrogens with two attached hydrogens (primary N) is 1. The van der Waals surface area contributed by atoms with Crippen molar-refractivity contribution in [2.24, 2.45) is 5.73 Å². The first kappa shape index (κ1) is 16.6. The lowest BCUT2D eigenvalue weighted by molar-refractivity contribution is 0.0995.